The van der Waals surface area contributed by atoms with Gasteiger partial charge in [-0.25, -0.2) is 0 Å². The first-order chi connectivity index (χ1) is 6.93. The van der Waals surface area contributed by atoms with Gasteiger partial charge in [-0.3, -0.25) is 0 Å². The van der Waals surface area contributed by atoms with E-state index in [4.69, 9.17) is 4.74 Å². The average molecular weight is 192 g/mol. The van der Waals surface area contributed by atoms with Gasteiger partial charge in [0.25, 0.3) is 0 Å². The van der Waals surface area contributed by atoms with E-state index in [1.165, 1.54) is 6.42 Å². The molecule has 0 amide bonds. The molecule has 0 N–H and O–H groups in total. The Balaban J connectivity index is 1.82. The van der Waals surface area contributed by atoms with Crippen LogP contribution in [-0.2, 0) is 4.74 Å². The van der Waals surface area contributed by atoms with E-state index in [0.29, 0.717) is 0 Å². The smallest absolute Gasteiger partial charge is 0.0469 e. The van der Waals surface area contributed by atoms with Crippen molar-refractivity contribution in [3.63, 3.8) is 0 Å². The molecule has 0 fully saturated rings. The van der Waals surface area contributed by atoms with Crippen LogP contribution in [0.15, 0.2) is 36.5 Å². The molecule has 78 valence electrons. The van der Waals surface area contributed by atoms with Crippen molar-refractivity contribution in [2.75, 3.05) is 13.2 Å². The molecule has 0 aliphatic heterocycles. The van der Waals surface area contributed by atoms with Gasteiger partial charge in [0.15, 0.2) is 0 Å². The van der Waals surface area contributed by atoms with E-state index in [1.807, 2.05) is 6.08 Å². The molecule has 0 aromatic heterocycles. The summed E-state index contributed by atoms with van der Waals surface area (Å²) in [5.74, 6) is 0. The Bertz CT molecular complexity index is 213. The molecule has 0 saturated heterocycles. The van der Waals surface area contributed by atoms with Crippen LogP contribution < -0.4 is 0 Å². The van der Waals surface area contributed by atoms with Crippen LogP contribution in [0.1, 0.15) is 32.1 Å². The van der Waals surface area contributed by atoms with Gasteiger partial charge in [-0.05, 0) is 32.1 Å². The molecular formula is C13H20O. The number of unbranched alkanes of at least 4 members (excludes halogenated alkanes) is 1. The number of hydrogen-bond donors (Lipinski definition) is 0. The van der Waals surface area contributed by atoms with Crippen LogP contribution in [0.3, 0.4) is 0 Å². The van der Waals surface area contributed by atoms with E-state index in [0.717, 1.165) is 38.9 Å². The molecular weight excluding hydrogens is 172 g/mol. The minimum Gasteiger partial charge on any atom is -0.381 e. The van der Waals surface area contributed by atoms with Gasteiger partial charge in [0.2, 0.25) is 0 Å². The SMILES string of the molecule is C=CCCCOCCCC1=CC=CC1. The topological polar surface area (TPSA) is 9.23 Å². The summed E-state index contributed by atoms with van der Waals surface area (Å²) in [5.41, 5.74) is 1.54. The Hall–Kier alpha value is -0.820. The molecule has 0 spiro atoms. The maximum Gasteiger partial charge on any atom is 0.0469 e. The Kier molecular flexibility index (Phi) is 6.09. The van der Waals surface area contributed by atoms with Crippen molar-refractivity contribution in [2.45, 2.75) is 32.1 Å². The van der Waals surface area contributed by atoms with E-state index in [2.05, 4.69) is 24.8 Å². The van der Waals surface area contributed by atoms with E-state index in [9.17, 15) is 0 Å². The van der Waals surface area contributed by atoms with Crippen LogP contribution in [0.2, 0.25) is 0 Å². The molecule has 0 heterocycles. The lowest BCUT2D eigenvalue weighted by atomic mass is 10.1. The first-order valence-electron chi connectivity index (χ1n) is 5.46. The first kappa shape index (κ1) is 11.3. The molecule has 0 saturated carbocycles. The van der Waals surface area contributed by atoms with Gasteiger partial charge in [0.05, 0.1) is 0 Å². The lowest BCUT2D eigenvalue weighted by molar-refractivity contribution is 0.130. The Labute approximate surface area is 87.2 Å². The highest BCUT2D eigenvalue weighted by Crippen LogP contribution is 2.15. The van der Waals surface area contributed by atoms with Crippen molar-refractivity contribution in [1.82, 2.24) is 0 Å². The molecule has 0 aromatic carbocycles. The number of allylic oxidation sites excluding steroid dienone is 5. The second kappa shape index (κ2) is 7.57. The van der Waals surface area contributed by atoms with Gasteiger partial charge in [0, 0.05) is 13.2 Å². The van der Waals surface area contributed by atoms with Crippen molar-refractivity contribution in [3.05, 3.63) is 36.5 Å². The third-order valence-corrected chi connectivity index (χ3v) is 2.33. The maximum atomic E-state index is 5.50. The molecule has 1 heteroatoms. The van der Waals surface area contributed by atoms with E-state index >= 15 is 0 Å². The lowest BCUT2D eigenvalue weighted by Crippen LogP contribution is -1.97. The molecule has 14 heavy (non-hydrogen) atoms. The van der Waals surface area contributed by atoms with Crippen molar-refractivity contribution < 1.29 is 4.74 Å². The van der Waals surface area contributed by atoms with Crippen molar-refractivity contribution >= 4 is 0 Å². The Morgan fingerprint density at radius 3 is 2.93 bits per heavy atom. The highest BCUT2D eigenvalue weighted by molar-refractivity contribution is 5.22. The second-order valence-corrected chi connectivity index (χ2v) is 3.60. The van der Waals surface area contributed by atoms with Crippen LogP contribution >= 0.6 is 0 Å². The Morgan fingerprint density at radius 2 is 2.21 bits per heavy atom. The first-order valence-corrected chi connectivity index (χ1v) is 5.46. The summed E-state index contributed by atoms with van der Waals surface area (Å²) in [6, 6.07) is 0. The minimum atomic E-state index is 0.878. The number of rotatable bonds is 8. The number of hydrogen-bond acceptors (Lipinski definition) is 1. The number of ether oxygens (including phenoxy) is 1. The maximum absolute atomic E-state index is 5.50. The van der Waals surface area contributed by atoms with Gasteiger partial charge < -0.3 is 4.74 Å². The van der Waals surface area contributed by atoms with E-state index in [-0.39, 0.29) is 0 Å². The summed E-state index contributed by atoms with van der Waals surface area (Å²) in [6.07, 6.45) is 14.2. The van der Waals surface area contributed by atoms with Crippen LogP contribution in [0.5, 0.6) is 0 Å². The van der Waals surface area contributed by atoms with Crippen LogP contribution in [-0.4, -0.2) is 13.2 Å². The monoisotopic (exact) mass is 192 g/mol. The van der Waals surface area contributed by atoms with Gasteiger partial charge in [-0.2, -0.15) is 0 Å². The van der Waals surface area contributed by atoms with Crippen molar-refractivity contribution in [2.24, 2.45) is 0 Å². The third kappa shape index (κ3) is 5.03. The van der Waals surface area contributed by atoms with Crippen LogP contribution in [0.25, 0.3) is 0 Å². The molecule has 1 rings (SSSR count). The van der Waals surface area contributed by atoms with E-state index < -0.39 is 0 Å². The van der Waals surface area contributed by atoms with Gasteiger partial charge >= 0.3 is 0 Å². The van der Waals surface area contributed by atoms with Crippen LogP contribution in [0.4, 0.5) is 0 Å². The van der Waals surface area contributed by atoms with Gasteiger partial charge in [-0.1, -0.05) is 29.9 Å². The molecule has 1 aliphatic carbocycles. The zero-order valence-electron chi connectivity index (χ0n) is 8.87. The molecule has 0 atom stereocenters. The van der Waals surface area contributed by atoms with Gasteiger partial charge in [0.1, 0.15) is 0 Å². The third-order valence-electron chi connectivity index (χ3n) is 2.33. The second-order valence-electron chi connectivity index (χ2n) is 3.60. The fourth-order valence-electron chi connectivity index (χ4n) is 1.51. The fraction of sp³-hybridized carbons (Fsp3) is 0.538. The molecule has 0 aromatic rings. The predicted molar refractivity (Wildman–Crippen MR) is 61.3 cm³/mol. The lowest BCUT2D eigenvalue weighted by Gasteiger charge is -2.03. The predicted octanol–water partition coefficient (Wildman–Crippen LogP) is 3.64. The zero-order valence-corrected chi connectivity index (χ0v) is 8.87. The summed E-state index contributed by atoms with van der Waals surface area (Å²) in [4.78, 5) is 0. The summed E-state index contributed by atoms with van der Waals surface area (Å²) < 4.78 is 5.50. The quantitative estimate of drug-likeness (QED) is 0.421. The van der Waals surface area contributed by atoms with Gasteiger partial charge in [-0.15, -0.1) is 6.58 Å². The Morgan fingerprint density at radius 1 is 1.36 bits per heavy atom. The fourth-order valence-corrected chi connectivity index (χ4v) is 1.51. The molecule has 1 aliphatic rings. The summed E-state index contributed by atoms with van der Waals surface area (Å²) in [6.45, 7) is 5.45. The highest BCUT2D eigenvalue weighted by Gasteiger charge is 1.98. The summed E-state index contributed by atoms with van der Waals surface area (Å²) in [7, 11) is 0. The largest absolute Gasteiger partial charge is 0.381 e. The zero-order chi connectivity index (χ0) is 10.1. The van der Waals surface area contributed by atoms with Crippen molar-refractivity contribution in [1.29, 1.82) is 0 Å². The molecule has 0 unspecified atom stereocenters. The van der Waals surface area contributed by atoms with Crippen LogP contribution in [0, 0.1) is 0 Å². The molecule has 0 radical (unpaired) electrons. The molecule has 1 nitrogen and oxygen atoms in total. The normalized spacial score (nSPS) is 14.4. The summed E-state index contributed by atoms with van der Waals surface area (Å²) in [5, 5.41) is 0. The average Bonchev–Trinajstić information content (AvgIpc) is 2.69. The van der Waals surface area contributed by atoms with Crippen molar-refractivity contribution in [3.8, 4) is 0 Å². The van der Waals surface area contributed by atoms with E-state index in [1.54, 1.807) is 5.57 Å². The minimum absolute atomic E-state index is 0.878. The highest BCUT2D eigenvalue weighted by atomic mass is 16.5. The summed E-state index contributed by atoms with van der Waals surface area (Å²) >= 11 is 0. The molecule has 0 bridgehead atoms. The standard InChI is InChI=1S/C13H20O/c1-2-3-6-11-14-12-7-10-13-8-4-5-9-13/h2,4-5,8H,1,3,6-7,9-12H2.